The lowest BCUT2D eigenvalue weighted by Gasteiger charge is -2.17. The molecular weight excluding hydrogens is 158 g/mol. The molecule has 12 heavy (non-hydrogen) atoms. The standard InChI is InChI=1S/C8H19NO3/c10-6-3-1-2-4-9(8-12)5-7-11/h10-12H,1-8H2. The zero-order valence-corrected chi connectivity index (χ0v) is 7.45. The van der Waals surface area contributed by atoms with Gasteiger partial charge in [0.05, 0.1) is 13.3 Å². The maximum Gasteiger partial charge on any atom is 0.0957 e. The van der Waals surface area contributed by atoms with Crippen LogP contribution in [0.25, 0.3) is 0 Å². The highest BCUT2D eigenvalue weighted by Gasteiger charge is 2.00. The molecule has 0 atom stereocenters. The molecule has 0 rings (SSSR count). The number of aliphatic hydroxyl groups is 3. The molecule has 0 aromatic rings. The van der Waals surface area contributed by atoms with Crippen LogP contribution in [0.3, 0.4) is 0 Å². The first-order chi connectivity index (χ1) is 5.85. The quantitative estimate of drug-likeness (QED) is 0.342. The number of hydrogen-bond acceptors (Lipinski definition) is 4. The largest absolute Gasteiger partial charge is 0.396 e. The third-order valence-electron chi connectivity index (χ3n) is 1.75. The van der Waals surface area contributed by atoms with E-state index in [1.807, 2.05) is 0 Å². The highest BCUT2D eigenvalue weighted by molar-refractivity contribution is 4.52. The van der Waals surface area contributed by atoms with Crippen molar-refractivity contribution in [3.05, 3.63) is 0 Å². The van der Waals surface area contributed by atoms with E-state index in [9.17, 15) is 0 Å². The number of hydrogen-bond donors (Lipinski definition) is 3. The van der Waals surface area contributed by atoms with Gasteiger partial charge in [-0.25, -0.2) is 0 Å². The van der Waals surface area contributed by atoms with Gasteiger partial charge in [-0.3, -0.25) is 4.90 Å². The minimum Gasteiger partial charge on any atom is -0.396 e. The minimum atomic E-state index is -0.000312. The highest BCUT2D eigenvalue weighted by atomic mass is 16.3. The van der Waals surface area contributed by atoms with E-state index in [2.05, 4.69) is 0 Å². The zero-order chi connectivity index (χ0) is 9.23. The van der Waals surface area contributed by atoms with Crippen LogP contribution in [0.15, 0.2) is 0 Å². The van der Waals surface area contributed by atoms with Gasteiger partial charge in [0.25, 0.3) is 0 Å². The Balaban J connectivity index is 3.19. The second kappa shape index (κ2) is 8.93. The summed E-state index contributed by atoms with van der Waals surface area (Å²) in [6.45, 7) is 1.63. The van der Waals surface area contributed by atoms with Crippen LogP contribution < -0.4 is 0 Å². The summed E-state index contributed by atoms with van der Waals surface area (Å²) in [5, 5.41) is 25.8. The van der Waals surface area contributed by atoms with Crippen molar-refractivity contribution < 1.29 is 15.3 Å². The summed E-state index contributed by atoms with van der Waals surface area (Å²) >= 11 is 0. The molecule has 0 unspecified atom stereocenters. The second-order valence-electron chi connectivity index (χ2n) is 2.77. The molecule has 0 aliphatic carbocycles. The van der Waals surface area contributed by atoms with Crippen LogP contribution in [-0.2, 0) is 0 Å². The van der Waals surface area contributed by atoms with Crippen molar-refractivity contribution >= 4 is 0 Å². The second-order valence-corrected chi connectivity index (χ2v) is 2.77. The Kier molecular flexibility index (Phi) is 8.81. The Bertz CT molecular complexity index is 90.4. The smallest absolute Gasteiger partial charge is 0.0957 e. The van der Waals surface area contributed by atoms with E-state index in [0.29, 0.717) is 6.54 Å². The fraction of sp³-hybridized carbons (Fsp3) is 1.00. The predicted molar refractivity (Wildman–Crippen MR) is 46.7 cm³/mol. The Hall–Kier alpha value is -0.160. The van der Waals surface area contributed by atoms with E-state index >= 15 is 0 Å². The summed E-state index contributed by atoms with van der Waals surface area (Å²) in [4.78, 5) is 1.78. The van der Waals surface area contributed by atoms with Crippen LogP contribution >= 0.6 is 0 Å². The molecule has 0 aliphatic rings. The van der Waals surface area contributed by atoms with Gasteiger partial charge >= 0.3 is 0 Å². The number of nitrogens with zero attached hydrogens (tertiary/aromatic N) is 1. The molecule has 0 spiro atoms. The van der Waals surface area contributed by atoms with Gasteiger partial charge < -0.3 is 15.3 Å². The molecule has 0 aromatic heterocycles. The fourth-order valence-electron chi connectivity index (χ4n) is 1.02. The van der Waals surface area contributed by atoms with Crippen LogP contribution in [0.1, 0.15) is 19.3 Å². The van der Waals surface area contributed by atoms with Crippen LogP contribution in [0.5, 0.6) is 0 Å². The molecule has 0 amide bonds. The van der Waals surface area contributed by atoms with Crippen LogP contribution in [0.2, 0.25) is 0 Å². The normalized spacial score (nSPS) is 11.0. The van der Waals surface area contributed by atoms with Crippen molar-refractivity contribution in [2.75, 3.05) is 33.0 Å². The van der Waals surface area contributed by atoms with Crippen molar-refractivity contribution in [1.29, 1.82) is 0 Å². The van der Waals surface area contributed by atoms with Gasteiger partial charge in [-0.05, 0) is 19.3 Å². The molecular formula is C8H19NO3. The van der Waals surface area contributed by atoms with Gasteiger partial charge in [-0.2, -0.15) is 0 Å². The number of unbranched alkanes of at least 4 members (excludes halogenated alkanes) is 2. The van der Waals surface area contributed by atoms with E-state index in [1.54, 1.807) is 4.90 Å². The summed E-state index contributed by atoms with van der Waals surface area (Å²) < 4.78 is 0. The maximum atomic E-state index is 8.78. The molecule has 74 valence electrons. The van der Waals surface area contributed by atoms with Gasteiger partial charge in [0.1, 0.15) is 0 Å². The van der Waals surface area contributed by atoms with Gasteiger partial charge in [-0.15, -0.1) is 0 Å². The van der Waals surface area contributed by atoms with Crippen LogP contribution in [-0.4, -0.2) is 53.3 Å². The van der Waals surface area contributed by atoms with Gasteiger partial charge in [0.2, 0.25) is 0 Å². The first kappa shape index (κ1) is 11.8. The summed E-state index contributed by atoms with van der Waals surface area (Å²) in [6.07, 6.45) is 2.75. The molecule has 0 fully saturated rings. The van der Waals surface area contributed by atoms with Crippen LogP contribution in [0.4, 0.5) is 0 Å². The van der Waals surface area contributed by atoms with Gasteiger partial charge in [-0.1, -0.05) is 0 Å². The van der Waals surface area contributed by atoms with Crippen LogP contribution in [0, 0.1) is 0 Å². The van der Waals surface area contributed by atoms with E-state index in [0.717, 1.165) is 25.8 Å². The third kappa shape index (κ3) is 6.54. The Labute approximate surface area is 73.4 Å². The SMILES string of the molecule is OCCCCCN(CO)CCO. The highest BCUT2D eigenvalue weighted by Crippen LogP contribution is 1.97. The van der Waals surface area contributed by atoms with Crippen molar-refractivity contribution in [1.82, 2.24) is 4.90 Å². The third-order valence-corrected chi connectivity index (χ3v) is 1.75. The van der Waals surface area contributed by atoms with Gasteiger partial charge in [0, 0.05) is 19.7 Å². The fourth-order valence-corrected chi connectivity index (χ4v) is 1.02. The van der Waals surface area contributed by atoms with E-state index < -0.39 is 0 Å². The van der Waals surface area contributed by atoms with Crippen molar-refractivity contribution in [3.8, 4) is 0 Å². The van der Waals surface area contributed by atoms with Crippen molar-refractivity contribution in [2.24, 2.45) is 0 Å². The lowest BCUT2D eigenvalue weighted by Crippen LogP contribution is -2.28. The number of aliphatic hydroxyl groups excluding tert-OH is 3. The lowest BCUT2D eigenvalue weighted by molar-refractivity contribution is 0.0857. The molecule has 3 N–H and O–H groups in total. The maximum absolute atomic E-state index is 8.78. The molecule has 0 radical (unpaired) electrons. The summed E-state index contributed by atoms with van der Waals surface area (Å²) in [7, 11) is 0. The minimum absolute atomic E-state index is 0.000312. The Morgan fingerprint density at radius 1 is 0.750 bits per heavy atom. The monoisotopic (exact) mass is 177 g/mol. The molecule has 0 heterocycles. The molecule has 0 saturated carbocycles. The Morgan fingerprint density at radius 3 is 2.00 bits per heavy atom. The molecule has 4 heteroatoms. The van der Waals surface area contributed by atoms with E-state index in [1.165, 1.54) is 0 Å². The van der Waals surface area contributed by atoms with Crippen molar-refractivity contribution in [3.63, 3.8) is 0 Å². The topological polar surface area (TPSA) is 63.9 Å². The van der Waals surface area contributed by atoms with E-state index in [4.69, 9.17) is 15.3 Å². The number of rotatable bonds is 8. The first-order valence-electron chi connectivity index (χ1n) is 4.40. The summed E-state index contributed by atoms with van der Waals surface area (Å²) in [5.41, 5.74) is 0. The Morgan fingerprint density at radius 2 is 1.50 bits per heavy atom. The molecule has 4 nitrogen and oxygen atoms in total. The molecule has 0 aromatic carbocycles. The predicted octanol–water partition coefficient (Wildman–Crippen LogP) is -0.607. The summed E-state index contributed by atoms with van der Waals surface area (Å²) in [6, 6.07) is 0. The lowest BCUT2D eigenvalue weighted by atomic mass is 10.2. The van der Waals surface area contributed by atoms with Gasteiger partial charge in [0.15, 0.2) is 0 Å². The molecule has 0 saturated heterocycles. The molecule has 0 aliphatic heterocycles. The molecule has 0 bridgehead atoms. The average Bonchev–Trinajstić information content (AvgIpc) is 2.10. The average molecular weight is 177 g/mol. The van der Waals surface area contributed by atoms with Crippen molar-refractivity contribution in [2.45, 2.75) is 19.3 Å². The summed E-state index contributed by atoms with van der Waals surface area (Å²) in [5.74, 6) is 0. The van der Waals surface area contributed by atoms with E-state index in [-0.39, 0.29) is 19.9 Å². The zero-order valence-electron chi connectivity index (χ0n) is 7.45. The first-order valence-corrected chi connectivity index (χ1v) is 4.40.